The fourth-order valence-electron chi connectivity index (χ4n) is 2.38. The molecule has 0 saturated heterocycles. The molecule has 0 amide bonds. The molecule has 2 aromatic rings. The Morgan fingerprint density at radius 3 is 2.62 bits per heavy atom. The van der Waals surface area contributed by atoms with Crippen LogP contribution in [0, 0.1) is 0 Å². The number of ketones is 1. The van der Waals surface area contributed by atoms with E-state index in [0.29, 0.717) is 18.6 Å². The molecule has 0 spiro atoms. The summed E-state index contributed by atoms with van der Waals surface area (Å²) in [5.41, 5.74) is 9.05. The summed E-state index contributed by atoms with van der Waals surface area (Å²) in [6.07, 6.45) is 2.15. The first-order valence-electron chi connectivity index (χ1n) is 5.55. The summed E-state index contributed by atoms with van der Waals surface area (Å²) in [4.78, 5) is 11.4. The molecule has 2 nitrogen and oxygen atoms in total. The van der Waals surface area contributed by atoms with Gasteiger partial charge in [-0.25, -0.2) is 0 Å². The lowest BCUT2D eigenvalue weighted by atomic mass is 9.88. The van der Waals surface area contributed by atoms with Crippen LogP contribution in [-0.2, 0) is 17.6 Å². The molecular weight excluding hydrogens is 198 g/mol. The van der Waals surface area contributed by atoms with Crippen LogP contribution in [-0.4, -0.2) is 5.78 Å². The van der Waals surface area contributed by atoms with E-state index >= 15 is 0 Å². The lowest BCUT2D eigenvalue weighted by molar-refractivity contribution is -0.118. The van der Waals surface area contributed by atoms with E-state index in [-0.39, 0.29) is 0 Å². The average Bonchev–Trinajstić information content (AvgIpc) is 2.26. The normalized spacial score (nSPS) is 15.1. The molecule has 0 heterocycles. The van der Waals surface area contributed by atoms with Gasteiger partial charge in [0.05, 0.1) is 0 Å². The van der Waals surface area contributed by atoms with Crippen molar-refractivity contribution in [1.29, 1.82) is 0 Å². The van der Waals surface area contributed by atoms with Crippen LogP contribution in [0.25, 0.3) is 10.8 Å². The minimum atomic E-state index is 0.349. The van der Waals surface area contributed by atoms with Gasteiger partial charge in [-0.1, -0.05) is 18.2 Å². The Hall–Kier alpha value is -1.83. The zero-order valence-corrected chi connectivity index (χ0v) is 8.99. The fraction of sp³-hybridized carbons (Fsp3) is 0.214. The van der Waals surface area contributed by atoms with Crippen molar-refractivity contribution in [1.82, 2.24) is 0 Å². The van der Waals surface area contributed by atoms with E-state index in [9.17, 15) is 4.79 Å². The molecule has 0 bridgehead atoms. The monoisotopic (exact) mass is 211 g/mol. The number of hydrogen-bond acceptors (Lipinski definition) is 2. The standard InChI is InChI=1S/C14H13NO/c15-13-3-1-9-6-12-8-14(16)4-2-10(12)5-11(9)7-13/h1,3,5-7H,2,4,8,15H2. The number of rotatable bonds is 0. The predicted molar refractivity (Wildman–Crippen MR) is 65.4 cm³/mol. The van der Waals surface area contributed by atoms with Crippen LogP contribution in [0.3, 0.4) is 0 Å². The molecule has 0 fully saturated rings. The molecule has 1 aliphatic carbocycles. The van der Waals surface area contributed by atoms with Crippen molar-refractivity contribution >= 4 is 22.2 Å². The van der Waals surface area contributed by atoms with Gasteiger partial charge in [0, 0.05) is 18.5 Å². The third-order valence-corrected chi connectivity index (χ3v) is 3.24. The first kappa shape index (κ1) is 9.40. The number of benzene rings is 2. The molecule has 3 rings (SSSR count). The lowest BCUT2D eigenvalue weighted by Crippen LogP contribution is -2.12. The maximum atomic E-state index is 11.4. The van der Waals surface area contributed by atoms with Gasteiger partial charge in [0.1, 0.15) is 5.78 Å². The molecule has 1 aliphatic rings. The number of fused-ring (bicyclic) bond motifs is 2. The Bertz CT molecular complexity index is 587. The second-order valence-corrected chi connectivity index (χ2v) is 4.44. The maximum Gasteiger partial charge on any atom is 0.137 e. The molecule has 0 saturated carbocycles. The highest BCUT2D eigenvalue weighted by Crippen LogP contribution is 2.26. The second kappa shape index (κ2) is 3.34. The molecule has 80 valence electrons. The van der Waals surface area contributed by atoms with E-state index in [1.807, 2.05) is 18.2 Å². The van der Waals surface area contributed by atoms with Crippen molar-refractivity contribution in [2.75, 3.05) is 5.73 Å². The minimum absolute atomic E-state index is 0.349. The van der Waals surface area contributed by atoms with E-state index < -0.39 is 0 Å². The summed E-state index contributed by atoms with van der Waals surface area (Å²) in [7, 11) is 0. The van der Waals surface area contributed by atoms with Gasteiger partial charge in [-0.3, -0.25) is 4.79 Å². The van der Waals surface area contributed by atoms with Gasteiger partial charge in [-0.05, 0) is 40.5 Å². The first-order chi connectivity index (χ1) is 7.72. The molecule has 0 unspecified atom stereocenters. The number of nitrogen functional groups attached to an aromatic ring is 1. The molecule has 2 heteroatoms. The Morgan fingerprint density at radius 1 is 0.938 bits per heavy atom. The molecule has 2 N–H and O–H groups in total. The smallest absolute Gasteiger partial charge is 0.137 e. The van der Waals surface area contributed by atoms with Crippen LogP contribution >= 0.6 is 0 Å². The van der Waals surface area contributed by atoms with Crippen molar-refractivity contribution in [3.05, 3.63) is 41.5 Å². The number of carbonyl (C=O) groups is 1. The lowest BCUT2D eigenvalue weighted by Gasteiger charge is -2.16. The topological polar surface area (TPSA) is 43.1 Å². The molecule has 0 radical (unpaired) electrons. The van der Waals surface area contributed by atoms with Gasteiger partial charge < -0.3 is 5.73 Å². The highest BCUT2D eigenvalue weighted by Gasteiger charge is 2.15. The predicted octanol–water partition coefficient (Wildman–Crippen LogP) is 2.48. The summed E-state index contributed by atoms with van der Waals surface area (Å²) in [6, 6.07) is 10.2. The summed E-state index contributed by atoms with van der Waals surface area (Å²) < 4.78 is 0. The van der Waals surface area contributed by atoms with Crippen LogP contribution in [0.4, 0.5) is 5.69 Å². The third kappa shape index (κ3) is 1.47. The largest absolute Gasteiger partial charge is 0.399 e. The SMILES string of the molecule is Nc1ccc2cc3c(cc2c1)CCC(=O)C3. The van der Waals surface area contributed by atoms with Gasteiger partial charge in [-0.2, -0.15) is 0 Å². The van der Waals surface area contributed by atoms with E-state index in [1.165, 1.54) is 21.9 Å². The van der Waals surface area contributed by atoms with Crippen molar-refractivity contribution in [3.63, 3.8) is 0 Å². The van der Waals surface area contributed by atoms with Crippen molar-refractivity contribution < 1.29 is 4.79 Å². The molecule has 2 aromatic carbocycles. The van der Waals surface area contributed by atoms with Crippen LogP contribution in [0.15, 0.2) is 30.3 Å². The Balaban J connectivity index is 2.23. The summed E-state index contributed by atoms with van der Waals surface area (Å²) >= 11 is 0. The van der Waals surface area contributed by atoms with Crippen molar-refractivity contribution in [2.24, 2.45) is 0 Å². The Kier molecular flexibility index (Phi) is 1.96. The van der Waals surface area contributed by atoms with E-state index in [1.54, 1.807) is 0 Å². The Labute approximate surface area is 94.1 Å². The molecule has 0 atom stereocenters. The van der Waals surface area contributed by atoms with Gasteiger partial charge in [0.15, 0.2) is 0 Å². The van der Waals surface area contributed by atoms with Crippen LogP contribution in [0.5, 0.6) is 0 Å². The molecule has 0 aromatic heterocycles. The summed E-state index contributed by atoms with van der Waals surface area (Å²) in [5, 5.41) is 2.34. The number of aryl methyl sites for hydroxylation is 1. The minimum Gasteiger partial charge on any atom is -0.399 e. The van der Waals surface area contributed by atoms with Crippen molar-refractivity contribution in [2.45, 2.75) is 19.3 Å². The zero-order chi connectivity index (χ0) is 11.1. The molecular formula is C14H13NO. The van der Waals surface area contributed by atoms with Crippen molar-refractivity contribution in [3.8, 4) is 0 Å². The number of nitrogens with two attached hydrogens (primary N) is 1. The fourth-order valence-corrected chi connectivity index (χ4v) is 2.38. The second-order valence-electron chi connectivity index (χ2n) is 4.44. The Morgan fingerprint density at radius 2 is 1.75 bits per heavy atom. The summed E-state index contributed by atoms with van der Waals surface area (Å²) in [6.45, 7) is 0. The molecule has 0 aliphatic heterocycles. The number of carbonyl (C=O) groups excluding carboxylic acids is 1. The van der Waals surface area contributed by atoms with Crippen LogP contribution in [0.1, 0.15) is 17.5 Å². The molecule has 16 heavy (non-hydrogen) atoms. The number of hydrogen-bond donors (Lipinski definition) is 1. The van der Waals surface area contributed by atoms with E-state index in [4.69, 9.17) is 5.73 Å². The highest BCUT2D eigenvalue weighted by molar-refractivity contribution is 5.90. The maximum absolute atomic E-state index is 11.4. The van der Waals surface area contributed by atoms with Crippen LogP contribution < -0.4 is 5.73 Å². The highest BCUT2D eigenvalue weighted by atomic mass is 16.1. The summed E-state index contributed by atoms with van der Waals surface area (Å²) in [5.74, 6) is 0.349. The van der Waals surface area contributed by atoms with Gasteiger partial charge in [0.25, 0.3) is 0 Å². The van der Waals surface area contributed by atoms with Crippen LogP contribution in [0.2, 0.25) is 0 Å². The number of Topliss-reactive ketones (excluding diaryl/α,β-unsaturated/α-hetero) is 1. The average molecular weight is 211 g/mol. The van der Waals surface area contributed by atoms with Gasteiger partial charge >= 0.3 is 0 Å². The van der Waals surface area contributed by atoms with E-state index in [2.05, 4.69) is 12.1 Å². The van der Waals surface area contributed by atoms with Gasteiger partial charge in [0.2, 0.25) is 0 Å². The van der Waals surface area contributed by atoms with Gasteiger partial charge in [-0.15, -0.1) is 0 Å². The number of anilines is 1. The quantitative estimate of drug-likeness (QED) is 0.680. The van der Waals surface area contributed by atoms with E-state index in [0.717, 1.165) is 12.1 Å². The zero-order valence-electron chi connectivity index (χ0n) is 8.99. The first-order valence-corrected chi connectivity index (χ1v) is 5.55. The third-order valence-electron chi connectivity index (χ3n) is 3.24.